The van der Waals surface area contributed by atoms with Crippen LogP contribution in [0.2, 0.25) is 0 Å². The minimum Gasteiger partial charge on any atom is -0.469 e. The van der Waals surface area contributed by atoms with E-state index in [0.717, 1.165) is 0 Å². The van der Waals surface area contributed by atoms with Crippen LogP contribution < -0.4 is 0 Å². The van der Waals surface area contributed by atoms with Crippen LogP contribution in [0.4, 0.5) is 0 Å². The Hall–Kier alpha value is -1.32. The molecule has 0 aromatic rings. The molecule has 0 spiro atoms. The minimum atomic E-state index is -0.402. The molecule has 0 aliphatic heterocycles. The lowest BCUT2D eigenvalue weighted by molar-refractivity contribution is -0.143. The van der Waals surface area contributed by atoms with Crippen molar-refractivity contribution in [3.63, 3.8) is 0 Å². The van der Waals surface area contributed by atoms with E-state index < -0.39 is 5.97 Å². The summed E-state index contributed by atoms with van der Waals surface area (Å²) in [4.78, 5) is 22.2. The summed E-state index contributed by atoms with van der Waals surface area (Å²) in [6.45, 7) is 3.95. The highest BCUT2D eigenvalue weighted by atomic mass is 16.5. The summed E-state index contributed by atoms with van der Waals surface area (Å²) in [5.74, 6) is -0.715. The quantitative estimate of drug-likeness (QED) is 0.520. The summed E-state index contributed by atoms with van der Waals surface area (Å²) in [5, 5.41) is 0. The van der Waals surface area contributed by atoms with E-state index in [0.29, 0.717) is 0 Å². The van der Waals surface area contributed by atoms with Gasteiger partial charge in [-0.25, -0.2) is 4.79 Å². The fourth-order valence-corrected chi connectivity index (χ4v) is 1.86. The first-order chi connectivity index (χ1) is 6.95. The number of esters is 2. The largest absolute Gasteiger partial charge is 0.469 e. The molecule has 1 rings (SSSR count). The molecule has 0 aromatic heterocycles. The molecule has 0 bridgehead atoms. The van der Waals surface area contributed by atoms with E-state index in [9.17, 15) is 9.59 Å². The highest BCUT2D eigenvalue weighted by Crippen LogP contribution is 2.59. The van der Waals surface area contributed by atoms with Gasteiger partial charge in [0, 0.05) is 6.08 Å². The fraction of sp³-hybridized carbons (Fsp3) is 0.636. The van der Waals surface area contributed by atoms with Gasteiger partial charge >= 0.3 is 11.9 Å². The minimum absolute atomic E-state index is 0.0593. The molecule has 4 heteroatoms. The Labute approximate surface area is 89.2 Å². The maximum Gasteiger partial charge on any atom is 0.330 e. The van der Waals surface area contributed by atoms with Gasteiger partial charge in [-0.15, -0.1) is 0 Å². The summed E-state index contributed by atoms with van der Waals surface area (Å²) in [6.07, 6.45) is 3.07. The number of hydrogen-bond acceptors (Lipinski definition) is 4. The number of ether oxygens (including phenoxy) is 2. The molecule has 0 aromatic carbocycles. The van der Waals surface area contributed by atoms with Crippen molar-refractivity contribution in [1.82, 2.24) is 0 Å². The van der Waals surface area contributed by atoms with Crippen LogP contribution in [0.15, 0.2) is 12.2 Å². The van der Waals surface area contributed by atoms with Gasteiger partial charge in [0.15, 0.2) is 0 Å². The molecule has 0 amide bonds. The van der Waals surface area contributed by atoms with Crippen molar-refractivity contribution < 1.29 is 19.1 Å². The maximum atomic E-state index is 11.3. The molecule has 2 atom stereocenters. The molecule has 1 aliphatic carbocycles. The second-order valence-electron chi connectivity index (χ2n) is 4.23. The number of allylic oxidation sites excluding steroid dienone is 1. The molecule has 2 unspecified atom stereocenters. The Morgan fingerprint density at radius 2 is 1.80 bits per heavy atom. The third-order valence-electron chi connectivity index (χ3n) is 3.01. The zero-order chi connectivity index (χ0) is 11.6. The Bertz CT molecular complexity index is 304. The zero-order valence-electron chi connectivity index (χ0n) is 9.44. The highest BCUT2D eigenvalue weighted by Gasteiger charge is 2.61. The Morgan fingerprint density at radius 3 is 2.27 bits per heavy atom. The lowest BCUT2D eigenvalue weighted by Gasteiger charge is -1.98. The SMILES string of the molecule is COC(=O)/C=C\C1C(C(=O)OC)C1(C)C. The van der Waals surface area contributed by atoms with Gasteiger partial charge in [0.2, 0.25) is 0 Å². The van der Waals surface area contributed by atoms with Gasteiger partial charge in [-0.1, -0.05) is 19.9 Å². The number of hydrogen-bond donors (Lipinski definition) is 0. The van der Waals surface area contributed by atoms with Crippen molar-refractivity contribution in [1.29, 1.82) is 0 Å². The Kier molecular flexibility index (Phi) is 3.17. The molecule has 0 heterocycles. The van der Waals surface area contributed by atoms with Crippen molar-refractivity contribution in [2.24, 2.45) is 17.3 Å². The van der Waals surface area contributed by atoms with Gasteiger partial charge in [0.1, 0.15) is 0 Å². The van der Waals surface area contributed by atoms with Gasteiger partial charge < -0.3 is 9.47 Å². The van der Waals surface area contributed by atoms with E-state index in [1.807, 2.05) is 13.8 Å². The van der Waals surface area contributed by atoms with E-state index in [4.69, 9.17) is 0 Å². The van der Waals surface area contributed by atoms with Crippen LogP contribution in [0.1, 0.15) is 13.8 Å². The van der Waals surface area contributed by atoms with Gasteiger partial charge in [0.25, 0.3) is 0 Å². The fourth-order valence-electron chi connectivity index (χ4n) is 1.86. The van der Waals surface area contributed by atoms with Crippen molar-refractivity contribution in [2.45, 2.75) is 13.8 Å². The van der Waals surface area contributed by atoms with E-state index in [1.165, 1.54) is 20.3 Å². The summed E-state index contributed by atoms with van der Waals surface area (Å²) in [5.41, 5.74) is -0.127. The summed E-state index contributed by atoms with van der Waals surface area (Å²) >= 11 is 0. The molecule has 1 saturated carbocycles. The summed E-state index contributed by atoms with van der Waals surface area (Å²) < 4.78 is 9.16. The van der Waals surface area contributed by atoms with Gasteiger partial charge in [0.05, 0.1) is 20.1 Å². The van der Waals surface area contributed by atoms with Gasteiger partial charge in [-0.05, 0) is 11.3 Å². The average molecular weight is 212 g/mol. The zero-order valence-corrected chi connectivity index (χ0v) is 9.44. The first-order valence-electron chi connectivity index (χ1n) is 4.79. The lowest BCUT2D eigenvalue weighted by atomic mass is 10.1. The number of carbonyl (C=O) groups excluding carboxylic acids is 2. The Morgan fingerprint density at radius 1 is 1.20 bits per heavy atom. The van der Waals surface area contributed by atoms with Crippen LogP contribution in [0.25, 0.3) is 0 Å². The monoisotopic (exact) mass is 212 g/mol. The molecular formula is C11H16O4. The predicted octanol–water partition coefficient (Wildman–Crippen LogP) is 1.16. The van der Waals surface area contributed by atoms with Crippen molar-refractivity contribution in [3.8, 4) is 0 Å². The van der Waals surface area contributed by atoms with Crippen LogP contribution >= 0.6 is 0 Å². The van der Waals surface area contributed by atoms with E-state index in [-0.39, 0.29) is 23.2 Å². The molecule has 15 heavy (non-hydrogen) atoms. The summed E-state index contributed by atoms with van der Waals surface area (Å²) in [6, 6.07) is 0. The molecule has 0 saturated heterocycles. The van der Waals surface area contributed by atoms with Crippen molar-refractivity contribution in [3.05, 3.63) is 12.2 Å². The average Bonchev–Trinajstić information content (AvgIpc) is 2.75. The van der Waals surface area contributed by atoms with E-state index in [2.05, 4.69) is 9.47 Å². The Balaban J connectivity index is 2.63. The van der Waals surface area contributed by atoms with Gasteiger partial charge in [-0.2, -0.15) is 0 Å². The van der Waals surface area contributed by atoms with E-state index in [1.54, 1.807) is 6.08 Å². The predicted molar refractivity (Wildman–Crippen MR) is 53.9 cm³/mol. The van der Waals surface area contributed by atoms with Crippen LogP contribution in [0, 0.1) is 17.3 Å². The first kappa shape index (κ1) is 11.8. The molecule has 4 nitrogen and oxygen atoms in total. The normalized spacial score (nSPS) is 27.5. The van der Waals surface area contributed by atoms with Crippen molar-refractivity contribution >= 4 is 11.9 Å². The molecule has 0 N–H and O–H groups in total. The topological polar surface area (TPSA) is 52.6 Å². The van der Waals surface area contributed by atoms with Crippen LogP contribution in [0.5, 0.6) is 0 Å². The molecular weight excluding hydrogens is 196 g/mol. The molecule has 1 aliphatic rings. The van der Waals surface area contributed by atoms with Crippen LogP contribution in [0.3, 0.4) is 0 Å². The third kappa shape index (κ3) is 2.19. The third-order valence-corrected chi connectivity index (χ3v) is 3.01. The number of rotatable bonds is 3. The molecule has 84 valence electrons. The van der Waals surface area contributed by atoms with Crippen molar-refractivity contribution in [2.75, 3.05) is 14.2 Å². The number of methoxy groups -OCH3 is 2. The first-order valence-corrected chi connectivity index (χ1v) is 4.79. The van der Waals surface area contributed by atoms with E-state index >= 15 is 0 Å². The second-order valence-corrected chi connectivity index (χ2v) is 4.23. The lowest BCUT2D eigenvalue weighted by Crippen LogP contribution is -2.07. The van der Waals surface area contributed by atoms with Gasteiger partial charge in [-0.3, -0.25) is 4.79 Å². The molecule has 0 radical (unpaired) electrons. The molecule has 1 fully saturated rings. The second kappa shape index (κ2) is 4.04. The standard InChI is InChI=1S/C11H16O4/c1-11(2)7(5-6-8(12)14-3)9(11)10(13)15-4/h5-7,9H,1-4H3/b6-5-. The maximum absolute atomic E-state index is 11.3. The number of carbonyl (C=O) groups is 2. The smallest absolute Gasteiger partial charge is 0.330 e. The summed E-state index contributed by atoms with van der Waals surface area (Å²) in [7, 11) is 2.69. The van der Waals surface area contributed by atoms with Crippen LogP contribution in [-0.2, 0) is 19.1 Å². The van der Waals surface area contributed by atoms with Crippen LogP contribution in [-0.4, -0.2) is 26.2 Å². The highest BCUT2D eigenvalue weighted by molar-refractivity contribution is 5.83.